The van der Waals surface area contributed by atoms with Crippen LogP contribution in [0.15, 0.2) is 54.8 Å². The number of carbonyl (C=O) groups is 1. The quantitative estimate of drug-likeness (QED) is 0.465. The molecule has 1 fully saturated rings. The van der Waals surface area contributed by atoms with Gasteiger partial charge in [0.2, 0.25) is 0 Å². The molecule has 2 aromatic carbocycles. The van der Waals surface area contributed by atoms with Gasteiger partial charge in [-0.1, -0.05) is 48.5 Å². The maximum atomic E-state index is 10.8. The van der Waals surface area contributed by atoms with E-state index in [-0.39, 0.29) is 6.10 Å². The molecule has 0 spiro atoms. The first-order valence-corrected chi connectivity index (χ1v) is 10.3. The fourth-order valence-corrected chi connectivity index (χ4v) is 4.32. The number of carboxylic acid groups (broad SMARTS) is 1. The molecule has 5 heteroatoms. The van der Waals surface area contributed by atoms with Gasteiger partial charge in [-0.3, -0.25) is 4.90 Å². The van der Waals surface area contributed by atoms with Gasteiger partial charge in [-0.25, -0.2) is 4.79 Å². The topological polar surface area (TPSA) is 59.0 Å². The Morgan fingerprint density at radius 1 is 1.07 bits per heavy atom. The van der Waals surface area contributed by atoms with Crippen LogP contribution in [0.4, 0.5) is 4.79 Å². The second-order valence-corrected chi connectivity index (χ2v) is 7.67. The van der Waals surface area contributed by atoms with Crippen LogP contribution in [-0.2, 0) is 22.3 Å². The lowest BCUT2D eigenvalue weighted by molar-refractivity contribution is 0.00983. The van der Waals surface area contributed by atoms with Crippen LogP contribution in [0.5, 0.6) is 0 Å². The van der Waals surface area contributed by atoms with Crippen LogP contribution in [0.1, 0.15) is 35.1 Å². The number of hydrogen-bond donors (Lipinski definition) is 1. The second-order valence-electron chi connectivity index (χ2n) is 7.67. The number of piperidine rings is 1. The highest BCUT2D eigenvalue weighted by molar-refractivity contribution is 5.83. The lowest BCUT2D eigenvalue weighted by Crippen LogP contribution is -2.41. The molecule has 1 heterocycles. The predicted molar refractivity (Wildman–Crippen MR) is 112 cm³/mol. The summed E-state index contributed by atoms with van der Waals surface area (Å²) < 4.78 is 10.9. The number of fused-ring (bicyclic) bond motifs is 2. The van der Waals surface area contributed by atoms with Crippen molar-refractivity contribution in [2.24, 2.45) is 0 Å². The Balaban J connectivity index is 1.44. The van der Waals surface area contributed by atoms with E-state index in [1.165, 1.54) is 22.3 Å². The summed E-state index contributed by atoms with van der Waals surface area (Å²) in [4.78, 5) is 13.0. The van der Waals surface area contributed by atoms with E-state index in [4.69, 9.17) is 14.6 Å². The van der Waals surface area contributed by atoms with Gasteiger partial charge in [0.25, 0.3) is 0 Å². The lowest BCUT2D eigenvalue weighted by atomic mass is 9.95. The van der Waals surface area contributed by atoms with Gasteiger partial charge in [0, 0.05) is 18.7 Å². The molecule has 2 aliphatic rings. The van der Waals surface area contributed by atoms with Crippen LogP contribution in [0.25, 0.3) is 5.57 Å². The van der Waals surface area contributed by atoms with Crippen molar-refractivity contribution in [3.63, 3.8) is 0 Å². The summed E-state index contributed by atoms with van der Waals surface area (Å²) >= 11 is 0. The zero-order chi connectivity index (χ0) is 20.1. The van der Waals surface area contributed by atoms with E-state index >= 15 is 0 Å². The average Bonchev–Trinajstić information content (AvgIpc) is 2.88. The standard InChI is InChI=1S/C24H27NO4/c26-24(27)29-20-8-5-13-25(16-20)14-15-28-17-23-21-9-3-1-6-18(21)11-12-19-7-2-4-10-22(19)23/h1-4,6-7,9-10,17,20H,5,8,11-16H2,(H,26,27)/t20-/m1/s1. The number of rotatable bonds is 5. The Labute approximate surface area is 171 Å². The van der Waals surface area contributed by atoms with Crippen molar-refractivity contribution >= 4 is 11.7 Å². The van der Waals surface area contributed by atoms with Crippen LogP contribution in [0.3, 0.4) is 0 Å². The summed E-state index contributed by atoms with van der Waals surface area (Å²) in [7, 11) is 0. The van der Waals surface area contributed by atoms with Gasteiger partial charge >= 0.3 is 6.16 Å². The Hall–Kier alpha value is -2.79. The molecule has 1 aliphatic heterocycles. The van der Waals surface area contributed by atoms with Crippen molar-refractivity contribution in [2.45, 2.75) is 31.8 Å². The number of likely N-dealkylation sites (tertiary alicyclic amines) is 1. The average molecular weight is 393 g/mol. The lowest BCUT2D eigenvalue weighted by Gasteiger charge is -2.31. The van der Waals surface area contributed by atoms with Gasteiger partial charge in [-0.2, -0.15) is 0 Å². The molecule has 0 radical (unpaired) electrons. The van der Waals surface area contributed by atoms with Crippen LogP contribution >= 0.6 is 0 Å². The molecular weight excluding hydrogens is 366 g/mol. The summed E-state index contributed by atoms with van der Waals surface area (Å²) in [5.41, 5.74) is 6.32. The summed E-state index contributed by atoms with van der Waals surface area (Å²) in [6.07, 6.45) is 4.27. The highest BCUT2D eigenvalue weighted by Crippen LogP contribution is 2.33. The summed E-state index contributed by atoms with van der Waals surface area (Å²) in [6.45, 7) is 2.91. The van der Waals surface area contributed by atoms with Crippen molar-refractivity contribution in [3.05, 3.63) is 77.0 Å². The van der Waals surface area contributed by atoms with Crippen molar-refractivity contribution in [1.29, 1.82) is 0 Å². The van der Waals surface area contributed by atoms with E-state index in [9.17, 15) is 4.79 Å². The number of nitrogens with zero attached hydrogens (tertiary/aromatic N) is 1. The molecule has 152 valence electrons. The highest BCUT2D eigenvalue weighted by Gasteiger charge is 2.23. The molecule has 0 saturated carbocycles. The molecule has 29 heavy (non-hydrogen) atoms. The van der Waals surface area contributed by atoms with Crippen LogP contribution < -0.4 is 0 Å². The van der Waals surface area contributed by atoms with Crippen LogP contribution in [0, 0.1) is 0 Å². The van der Waals surface area contributed by atoms with Gasteiger partial charge in [0.1, 0.15) is 12.7 Å². The predicted octanol–water partition coefficient (Wildman–Crippen LogP) is 4.35. The highest BCUT2D eigenvalue weighted by atomic mass is 16.7. The minimum Gasteiger partial charge on any atom is -0.499 e. The summed E-state index contributed by atoms with van der Waals surface area (Å²) in [6, 6.07) is 17.1. The van der Waals surface area contributed by atoms with Gasteiger partial charge in [0.05, 0.1) is 6.26 Å². The first kappa shape index (κ1) is 19.5. The smallest absolute Gasteiger partial charge is 0.499 e. The summed E-state index contributed by atoms with van der Waals surface area (Å²) in [5.74, 6) is 0. The third-order valence-electron chi connectivity index (χ3n) is 5.74. The van der Waals surface area contributed by atoms with E-state index in [0.717, 1.165) is 44.3 Å². The molecule has 0 amide bonds. The van der Waals surface area contributed by atoms with Gasteiger partial charge in [0.15, 0.2) is 0 Å². The van der Waals surface area contributed by atoms with Crippen molar-refractivity contribution in [2.75, 3.05) is 26.2 Å². The largest absolute Gasteiger partial charge is 0.506 e. The maximum Gasteiger partial charge on any atom is 0.506 e. The SMILES string of the molecule is O=C(O)O[C@@H]1CCCN(CCOC=C2c3ccccc3CCc3ccccc32)C1. The zero-order valence-corrected chi connectivity index (χ0v) is 16.5. The van der Waals surface area contributed by atoms with E-state index in [0.29, 0.717) is 13.2 Å². The monoisotopic (exact) mass is 393 g/mol. The van der Waals surface area contributed by atoms with E-state index in [1.54, 1.807) is 0 Å². The van der Waals surface area contributed by atoms with Gasteiger partial charge in [-0.05, 0) is 54.5 Å². The molecule has 1 aliphatic carbocycles. The van der Waals surface area contributed by atoms with Crippen molar-refractivity contribution in [3.8, 4) is 0 Å². The minimum absolute atomic E-state index is 0.236. The molecule has 1 N–H and O–H groups in total. The third kappa shape index (κ3) is 4.80. The van der Waals surface area contributed by atoms with E-state index in [1.807, 2.05) is 6.26 Å². The molecule has 2 aromatic rings. The summed E-state index contributed by atoms with van der Waals surface area (Å²) in [5, 5.41) is 8.82. The fraction of sp³-hybridized carbons (Fsp3) is 0.375. The van der Waals surface area contributed by atoms with Crippen molar-refractivity contribution < 1.29 is 19.4 Å². The van der Waals surface area contributed by atoms with Gasteiger partial charge < -0.3 is 14.6 Å². The molecule has 0 unspecified atom stereocenters. The molecule has 1 saturated heterocycles. The first-order chi connectivity index (χ1) is 14.2. The fourth-order valence-electron chi connectivity index (χ4n) is 4.32. The second kappa shape index (κ2) is 9.14. The van der Waals surface area contributed by atoms with E-state index < -0.39 is 6.16 Å². The van der Waals surface area contributed by atoms with Gasteiger partial charge in [-0.15, -0.1) is 0 Å². The molecular formula is C24H27NO4. The van der Waals surface area contributed by atoms with Crippen molar-refractivity contribution in [1.82, 2.24) is 4.90 Å². The normalized spacial score (nSPS) is 18.9. The zero-order valence-electron chi connectivity index (χ0n) is 16.5. The number of benzene rings is 2. The molecule has 1 atom stereocenters. The Bertz CT molecular complexity index is 842. The molecule has 0 aromatic heterocycles. The third-order valence-corrected chi connectivity index (χ3v) is 5.74. The number of hydrogen-bond acceptors (Lipinski definition) is 4. The van der Waals surface area contributed by atoms with Crippen LogP contribution in [0.2, 0.25) is 0 Å². The van der Waals surface area contributed by atoms with E-state index in [2.05, 4.69) is 53.4 Å². The number of ether oxygens (including phenoxy) is 2. The molecule has 5 nitrogen and oxygen atoms in total. The minimum atomic E-state index is -1.19. The Morgan fingerprint density at radius 3 is 2.38 bits per heavy atom. The van der Waals surface area contributed by atoms with Crippen LogP contribution in [-0.4, -0.2) is 48.5 Å². The number of aryl methyl sites for hydroxylation is 2. The first-order valence-electron chi connectivity index (χ1n) is 10.3. The molecule has 4 rings (SSSR count). The maximum absolute atomic E-state index is 10.8. The Kier molecular flexibility index (Phi) is 6.15. The Morgan fingerprint density at radius 2 is 1.72 bits per heavy atom. The molecule has 0 bridgehead atoms.